The molecule has 0 atom stereocenters. The molecule has 0 aliphatic rings. The van der Waals surface area contributed by atoms with Crippen LogP contribution in [-0.4, -0.2) is 24.1 Å². The van der Waals surface area contributed by atoms with Gasteiger partial charge in [0.25, 0.3) is 5.91 Å². The average molecular weight is 364 g/mol. The van der Waals surface area contributed by atoms with Crippen LogP contribution in [-0.2, 0) is 0 Å². The summed E-state index contributed by atoms with van der Waals surface area (Å²) < 4.78 is 5.80. The first-order valence-electron chi connectivity index (χ1n) is 6.41. The summed E-state index contributed by atoms with van der Waals surface area (Å²) in [5, 5.41) is 11.7. The minimum absolute atomic E-state index is 0.183. The number of carbonyl (C=O) groups is 2. The van der Waals surface area contributed by atoms with Crippen molar-refractivity contribution in [3.63, 3.8) is 0 Å². The van der Waals surface area contributed by atoms with Gasteiger partial charge in [-0.2, -0.15) is 0 Å². The van der Waals surface area contributed by atoms with Gasteiger partial charge in [-0.15, -0.1) is 0 Å². The number of ether oxygens (including phenoxy) is 1. The lowest BCUT2D eigenvalue weighted by Gasteiger charge is -2.10. The third-order valence-corrected chi connectivity index (χ3v) is 3.76. The molecule has 6 heteroatoms. The van der Waals surface area contributed by atoms with Crippen LogP contribution in [0.15, 0.2) is 40.9 Å². The van der Waals surface area contributed by atoms with E-state index in [2.05, 4.69) is 21.2 Å². The van der Waals surface area contributed by atoms with Crippen LogP contribution in [0.4, 0.5) is 5.69 Å². The molecular formula is C16H14BrNO4. The van der Waals surface area contributed by atoms with Crippen molar-refractivity contribution in [2.45, 2.75) is 6.92 Å². The number of carbonyl (C=O) groups excluding carboxylic acids is 1. The molecule has 0 saturated carbocycles. The van der Waals surface area contributed by atoms with E-state index >= 15 is 0 Å². The molecule has 0 heterocycles. The first-order valence-corrected chi connectivity index (χ1v) is 7.20. The maximum Gasteiger partial charge on any atom is 0.335 e. The molecule has 2 rings (SSSR count). The molecule has 0 unspecified atom stereocenters. The molecule has 0 radical (unpaired) electrons. The van der Waals surface area contributed by atoms with Crippen molar-refractivity contribution >= 4 is 33.5 Å². The van der Waals surface area contributed by atoms with Gasteiger partial charge in [0, 0.05) is 11.3 Å². The molecule has 0 bridgehead atoms. The van der Waals surface area contributed by atoms with Gasteiger partial charge >= 0.3 is 5.97 Å². The maximum atomic E-state index is 12.2. The van der Waals surface area contributed by atoms with Crippen LogP contribution in [0.1, 0.15) is 26.3 Å². The minimum atomic E-state index is -1.000. The zero-order valence-electron chi connectivity index (χ0n) is 12.0. The second kappa shape index (κ2) is 6.62. The van der Waals surface area contributed by atoms with E-state index in [0.29, 0.717) is 27.0 Å². The van der Waals surface area contributed by atoms with E-state index in [0.717, 1.165) is 0 Å². The number of anilines is 1. The second-order valence-electron chi connectivity index (χ2n) is 4.64. The molecule has 0 fully saturated rings. The van der Waals surface area contributed by atoms with E-state index in [1.807, 2.05) is 0 Å². The molecule has 0 saturated heterocycles. The lowest BCUT2D eigenvalue weighted by Crippen LogP contribution is -2.13. The van der Waals surface area contributed by atoms with E-state index in [1.54, 1.807) is 38.3 Å². The van der Waals surface area contributed by atoms with E-state index in [1.165, 1.54) is 12.1 Å². The normalized spacial score (nSPS) is 10.1. The Morgan fingerprint density at radius 2 is 1.82 bits per heavy atom. The van der Waals surface area contributed by atoms with Gasteiger partial charge in [0.2, 0.25) is 0 Å². The van der Waals surface area contributed by atoms with Crippen molar-refractivity contribution in [1.29, 1.82) is 0 Å². The molecule has 0 aliphatic heterocycles. The SMILES string of the molecule is COc1ccc(C(=O)Nc2ccc(C(=O)O)cc2C)cc1Br. The Hall–Kier alpha value is -2.34. The number of methoxy groups -OCH3 is 1. The number of aryl methyl sites for hydroxylation is 1. The number of halogens is 1. The summed E-state index contributed by atoms with van der Waals surface area (Å²) >= 11 is 3.33. The Balaban J connectivity index is 2.22. The van der Waals surface area contributed by atoms with Crippen molar-refractivity contribution in [1.82, 2.24) is 0 Å². The third kappa shape index (κ3) is 3.46. The molecule has 2 N–H and O–H groups in total. The van der Waals surface area contributed by atoms with Gasteiger partial charge in [-0.1, -0.05) is 0 Å². The predicted octanol–water partition coefficient (Wildman–Crippen LogP) is 3.72. The quantitative estimate of drug-likeness (QED) is 0.867. The van der Waals surface area contributed by atoms with Crippen molar-refractivity contribution < 1.29 is 19.4 Å². The zero-order valence-corrected chi connectivity index (χ0v) is 13.6. The molecule has 22 heavy (non-hydrogen) atoms. The number of hydrogen-bond acceptors (Lipinski definition) is 3. The van der Waals surface area contributed by atoms with E-state index in [9.17, 15) is 9.59 Å². The number of amides is 1. The first-order chi connectivity index (χ1) is 10.4. The Morgan fingerprint density at radius 1 is 1.14 bits per heavy atom. The predicted molar refractivity (Wildman–Crippen MR) is 86.8 cm³/mol. The van der Waals surface area contributed by atoms with Crippen molar-refractivity contribution in [3.8, 4) is 5.75 Å². The van der Waals surface area contributed by atoms with Gasteiger partial charge in [-0.25, -0.2) is 4.79 Å². The Bertz CT molecular complexity index is 743. The van der Waals surface area contributed by atoms with E-state index < -0.39 is 5.97 Å². The summed E-state index contributed by atoms with van der Waals surface area (Å²) in [5.41, 5.74) is 1.90. The summed E-state index contributed by atoms with van der Waals surface area (Å²) in [6.07, 6.45) is 0. The molecule has 0 aliphatic carbocycles. The van der Waals surface area contributed by atoms with Gasteiger partial charge < -0.3 is 15.2 Å². The molecule has 5 nitrogen and oxygen atoms in total. The molecule has 2 aromatic carbocycles. The van der Waals surface area contributed by atoms with Crippen LogP contribution in [0.2, 0.25) is 0 Å². The first kappa shape index (κ1) is 16.0. The highest BCUT2D eigenvalue weighted by atomic mass is 79.9. The number of carboxylic acid groups (broad SMARTS) is 1. The zero-order chi connectivity index (χ0) is 16.3. The number of benzene rings is 2. The Kier molecular flexibility index (Phi) is 4.82. The van der Waals surface area contributed by atoms with Gasteiger partial charge in [-0.05, 0) is 64.8 Å². The number of hydrogen-bond donors (Lipinski definition) is 2. The largest absolute Gasteiger partial charge is 0.496 e. The highest BCUT2D eigenvalue weighted by Gasteiger charge is 2.11. The fourth-order valence-corrected chi connectivity index (χ4v) is 2.48. The molecule has 0 spiro atoms. The summed E-state index contributed by atoms with van der Waals surface area (Å²) in [6.45, 7) is 1.74. The Labute approximate surface area is 136 Å². The number of rotatable bonds is 4. The monoisotopic (exact) mass is 363 g/mol. The summed E-state index contributed by atoms with van der Waals surface area (Å²) in [7, 11) is 1.55. The Morgan fingerprint density at radius 3 is 2.36 bits per heavy atom. The van der Waals surface area contributed by atoms with Gasteiger partial charge in [0.05, 0.1) is 17.1 Å². The smallest absolute Gasteiger partial charge is 0.335 e. The van der Waals surface area contributed by atoms with Crippen LogP contribution in [0.3, 0.4) is 0 Å². The highest BCUT2D eigenvalue weighted by Crippen LogP contribution is 2.26. The topological polar surface area (TPSA) is 75.6 Å². The van der Waals surface area contributed by atoms with E-state index in [4.69, 9.17) is 9.84 Å². The lowest BCUT2D eigenvalue weighted by molar-refractivity contribution is 0.0696. The third-order valence-electron chi connectivity index (χ3n) is 3.14. The maximum absolute atomic E-state index is 12.2. The van der Waals surface area contributed by atoms with Gasteiger partial charge in [0.15, 0.2) is 0 Å². The summed E-state index contributed by atoms with van der Waals surface area (Å²) in [5.74, 6) is -0.645. The number of carboxylic acids is 1. The van der Waals surface area contributed by atoms with Crippen molar-refractivity contribution in [3.05, 3.63) is 57.6 Å². The van der Waals surface area contributed by atoms with Crippen LogP contribution in [0.5, 0.6) is 5.75 Å². The fourth-order valence-electron chi connectivity index (χ4n) is 1.94. The average Bonchev–Trinajstić information content (AvgIpc) is 2.48. The summed E-state index contributed by atoms with van der Waals surface area (Å²) in [6, 6.07) is 9.56. The fraction of sp³-hybridized carbons (Fsp3) is 0.125. The standard InChI is InChI=1S/C16H14BrNO4/c1-9-7-11(16(20)21)3-5-13(9)18-15(19)10-4-6-14(22-2)12(17)8-10/h3-8H,1-2H3,(H,18,19)(H,20,21). The van der Waals surface area contributed by atoms with Gasteiger partial charge in [0.1, 0.15) is 5.75 Å². The second-order valence-corrected chi connectivity index (χ2v) is 5.49. The van der Waals surface area contributed by atoms with Crippen LogP contribution in [0, 0.1) is 6.92 Å². The molecule has 1 amide bonds. The highest BCUT2D eigenvalue weighted by molar-refractivity contribution is 9.10. The molecule has 0 aromatic heterocycles. The van der Waals surface area contributed by atoms with E-state index in [-0.39, 0.29) is 11.5 Å². The molecule has 114 valence electrons. The minimum Gasteiger partial charge on any atom is -0.496 e. The number of nitrogens with one attached hydrogen (secondary N) is 1. The van der Waals surface area contributed by atoms with Crippen molar-refractivity contribution in [2.24, 2.45) is 0 Å². The van der Waals surface area contributed by atoms with Crippen LogP contribution in [0.25, 0.3) is 0 Å². The number of aromatic carboxylic acids is 1. The van der Waals surface area contributed by atoms with Crippen molar-refractivity contribution in [2.75, 3.05) is 12.4 Å². The summed E-state index contributed by atoms with van der Waals surface area (Å²) in [4.78, 5) is 23.1. The molecular weight excluding hydrogens is 350 g/mol. The molecule has 2 aromatic rings. The van der Waals surface area contributed by atoms with Crippen LogP contribution < -0.4 is 10.1 Å². The van der Waals surface area contributed by atoms with Crippen LogP contribution >= 0.6 is 15.9 Å². The van der Waals surface area contributed by atoms with Gasteiger partial charge in [-0.3, -0.25) is 4.79 Å². The lowest BCUT2D eigenvalue weighted by atomic mass is 10.1.